The van der Waals surface area contributed by atoms with Gasteiger partial charge in [0.25, 0.3) is 0 Å². The third-order valence-electron chi connectivity index (χ3n) is 23.7. The Kier molecular flexibility index (Phi) is 67.5. The van der Waals surface area contributed by atoms with Crippen LogP contribution in [0, 0.1) is 0 Å². The van der Waals surface area contributed by atoms with Crippen LogP contribution < -0.4 is 0 Å². The number of aliphatic hydroxyl groups is 9. The first-order chi connectivity index (χ1) is 58.2. The summed E-state index contributed by atoms with van der Waals surface area (Å²) in [6.45, 7) is 5.60. The molecule has 2 aliphatic heterocycles. The summed E-state index contributed by atoms with van der Waals surface area (Å²) in [4.78, 5) is 66.6. The number of hydrogen-bond donors (Lipinski definition) is 10. The summed E-state index contributed by atoms with van der Waals surface area (Å²) in [5.41, 5.74) is 0. The predicted octanol–water partition coefficient (Wildman–Crippen LogP) is 18.5. The van der Waals surface area contributed by atoms with Crippen LogP contribution in [0.3, 0.4) is 0 Å². The number of phosphoric acid groups is 1. The molecule has 3 fully saturated rings. The summed E-state index contributed by atoms with van der Waals surface area (Å²) < 4.78 is 73.5. The molecular weight excluding hydrogens is 1560 g/mol. The summed E-state index contributed by atoms with van der Waals surface area (Å²) in [5.74, 6) is -2.96. The number of ether oxygens (including phenoxy) is 8. The van der Waals surface area contributed by atoms with Gasteiger partial charge in [-0.2, -0.15) is 0 Å². The van der Waals surface area contributed by atoms with E-state index < -0.39 is 162 Å². The van der Waals surface area contributed by atoms with Gasteiger partial charge in [-0.3, -0.25) is 28.2 Å². The Hall–Kier alpha value is -3.05. The molecule has 0 aromatic heterocycles. The number of phosphoric ester groups is 1. The number of carbonyl (C=O) groups is 4. The van der Waals surface area contributed by atoms with Crippen LogP contribution in [-0.2, 0) is 70.7 Å². The van der Waals surface area contributed by atoms with Gasteiger partial charge in [-0.25, -0.2) is 4.57 Å². The van der Waals surface area contributed by atoms with Crippen molar-refractivity contribution in [2.24, 2.45) is 0 Å². The van der Waals surface area contributed by atoms with Crippen LogP contribution in [0.25, 0.3) is 0 Å². The minimum atomic E-state index is -5.81. The quantitative estimate of drug-likeness (QED) is 0.00889. The molecule has 2 heterocycles. The van der Waals surface area contributed by atoms with E-state index in [4.69, 9.17) is 46.9 Å². The fraction of sp³-hybridized carbons (Fsp3) is 0.915. The predicted molar refractivity (Wildman–Crippen MR) is 467 cm³/mol. The van der Waals surface area contributed by atoms with E-state index in [0.717, 1.165) is 154 Å². The molecule has 0 bridgehead atoms. The van der Waals surface area contributed by atoms with Gasteiger partial charge >= 0.3 is 31.7 Å². The smallest absolute Gasteiger partial charge is 0.463 e. The van der Waals surface area contributed by atoms with E-state index in [1.165, 1.54) is 173 Å². The van der Waals surface area contributed by atoms with Crippen molar-refractivity contribution < 1.29 is 122 Å². The van der Waals surface area contributed by atoms with Crippen molar-refractivity contribution in [3.63, 3.8) is 0 Å². The molecule has 10 N–H and O–H groups in total. The lowest BCUT2D eigenvalue weighted by molar-refractivity contribution is -0.360. The van der Waals surface area contributed by atoms with Crippen molar-refractivity contribution in [3.05, 3.63) is 24.3 Å². The van der Waals surface area contributed by atoms with Gasteiger partial charge in [-0.1, -0.05) is 341 Å². The van der Waals surface area contributed by atoms with Crippen molar-refractivity contribution in [1.82, 2.24) is 0 Å². The molecule has 1 aliphatic carbocycles. The zero-order chi connectivity index (χ0) is 87.5. The first-order valence-corrected chi connectivity index (χ1v) is 50.1. The molecule has 0 aromatic carbocycles. The molecule has 25 nitrogen and oxygen atoms in total. The van der Waals surface area contributed by atoms with E-state index in [0.29, 0.717) is 38.5 Å². The highest BCUT2D eigenvalue weighted by Crippen LogP contribution is 2.49. The van der Waals surface area contributed by atoms with E-state index in [9.17, 15) is 74.6 Å². The Morgan fingerprint density at radius 2 is 0.625 bits per heavy atom. The minimum absolute atomic E-state index is 0.0173. The second-order valence-corrected chi connectivity index (χ2v) is 36.0. The number of allylic oxidation sites excluding steroid dienone is 4. The van der Waals surface area contributed by atoms with E-state index in [1.807, 2.05) is 0 Å². The number of rotatable bonds is 79. The van der Waals surface area contributed by atoms with Gasteiger partial charge in [0.15, 0.2) is 24.8 Å². The van der Waals surface area contributed by atoms with E-state index in [2.05, 4.69) is 52.0 Å². The lowest BCUT2D eigenvalue weighted by Gasteiger charge is -2.50. The maximum atomic E-state index is 14.9. The highest BCUT2D eigenvalue weighted by Gasteiger charge is 2.60. The van der Waals surface area contributed by atoms with Gasteiger partial charge < -0.3 is 88.7 Å². The number of hydrogen-bond acceptors (Lipinski definition) is 24. The summed E-state index contributed by atoms with van der Waals surface area (Å²) in [6.07, 6.45) is 34.3. The monoisotopic (exact) mass is 1730 g/mol. The minimum Gasteiger partial charge on any atom is -0.463 e. The molecule has 3 rings (SSSR count). The molecule has 26 heteroatoms. The van der Waals surface area contributed by atoms with Crippen LogP contribution in [0.4, 0.5) is 0 Å². The molecule has 0 aromatic rings. The Bertz CT molecular complexity index is 2580. The fourth-order valence-electron chi connectivity index (χ4n) is 16.0. The molecule has 18 unspecified atom stereocenters. The second kappa shape index (κ2) is 72.9. The van der Waals surface area contributed by atoms with Crippen LogP contribution >= 0.6 is 7.82 Å². The van der Waals surface area contributed by atoms with Gasteiger partial charge in [-0.15, -0.1) is 0 Å². The van der Waals surface area contributed by atoms with E-state index in [1.54, 1.807) is 0 Å². The van der Waals surface area contributed by atoms with Crippen molar-refractivity contribution in [1.29, 1.82) is 0 Å². The topological polar surface area (TPSA) is 380 Å². The molecule has 0 spiro atoms. The SMILES string of the molecule is CCCCCC/C=C\CCCCCCCCCC(=O)OC(COC(=O)CCCCCCCCCCCCCCCCC)COP(=O)(O)OC1C(OC2OC(CO)C(O)C(O)C2O)C(O)C(O)C(OC(=O)CCCCCCCCC/C=C\CCCCCC)C1OC1OC(COC(=O)CCCCCCCCCCCCCCCCCC)C(O)C(O)C1O. The summed E-state index contributed by atoms with van der Waals surface area (Å²) in [6, 6.07) is 0. The van der Waals surface area contributed by atoms with Gasteiger partial charge in [0, 0.05) is 25.7 Å². The molecule has 2 saturated heterocycles. The van der Waals surface area contributed by atoms with Gasteiger partial charge in [-0.05, 0) is 77.0 Å². The first kappa shape index (κ1) is 111. The molecule has 120 heavy (non-hydrogen) atoms. The summed E-state index contributed by atoms with van der Waals surface area (Å²) >= 11 is 0. The normalized spacial score (nSPS) is 24.8. The number of carbonyl (C=O) groups excluding carboxylic acids is 4. The van der Waals surface area contributed by atoms with Crippen molar-refractivity contribution in [2.75, 3.05) is 26.4 Å². The zero-order valence-corrected chi connectivity index (χ0v) is 76.0. The highest BCUT2D eigenvalue weighted by molar-refractivity contribution is 7.47. The number of esters is 4. The molecule has 1 saturated carbocycles. The Morgan fingerprint density at radius 3 is 1.00 bits per heavy atom. The Balaban J connectivity index is 1.90. The van der Waals surface area contributed by atoms with Crippen LogP contribution in [0.5, 0.6) is 0 Å². The second-order valence-electron chi connectivity index (χ2n) is 34.6. The van der Waals surface area contributed by atoms with Crippen molar-refractivity contribution >= 4 is 31.7 Å². The average molecular weight is 1730 g/mol. The molecule has 0 radical (unpaired) electrons. The van der Waals surface area contributed by atoms with Crippen molar-refractivity contribution in [2.45, 2.75) is 524 Å². The summed E-state index contributed by atoms with van der Waals surface area (Å²) in [5, 5.41) is 102. The lowest BCUT2D eigenvalue weighted by atomic mass is 9.84. The average Bonchev–Trinajstić information content (AvgIpc) is 0.754. The first-order valence-electron chi connectivity index (χ1n) is 48.6. The molecule has 3 aliphatic rings. The van der Waals surface area contributed by atoms with Gasteiger partial charge in [0.2, 0.25) is 0 Å². The zero-order valence-electron chi connectivity index (χ0n) is 75.1. The fourth-order valence-corrected chi connectivity index (χ4v) is 16.9. The lowest BCUT2D eigenvalue weighted by Crippen LogP contribution is -2.70. The van der Waals surface area contributed by atoms with Crippen LogP contribution in [0.15, 0.2) is 24.3 Å². The third-order valence-corrected chi connectivity index (χ3v) is 24.7. The van der Waals surface area contributed by atoms with Gasteiger partial charge in [0.05, 0.1) is 13.2 Å². The molecule has 704 valence electrons. The van der Waals surface area contributed by atoms with Crippen LogP contribution in [0.2, 0.25) is 0 Å². The van der Waals surface area contributed by atoms with Gasteiger partial charge in [0.1, 0.15) is 92.6 Å². The Morgan fingerprint density at radius 1 is 0.325 bits per heavy atom. The summed E-state index contributed by atoms with van der Waals surface area (Å²) in [7, 11) is -5.81. The van der Waals surface area contributed by atoms with E-state index >= 15 is 0 Å². The van der Waals surface area contributed by atoms with Crippen LogP contribution in [-0.4, -0.2) is 205 Å². The molecule has 0 amide bonds. The van der Waals surface area contributed by atoms with E-state index in [-0.39, 0.29) is 25.7 Å². The van der Waals surface area contributed by atoms with Crippen molar-refractivity contribution in [3.8, 4) is 0 Å². The maximum absolute atomic E-state index is 14.9. The Labute approximate surface area is 724 Å². The highest BCUT2D eigenvalue weighted by atomic mass is 31.2. The standard InChI is InChI=1S/C94H173O25P/c1-5-9-13-17-21-25-29-33-37-41-43-47-51-55-59-63-67-78(97)111-73-76-82(101)84(103)88(107)94(115-76)118-91-89(116-80(99)69-65-61-57-53-49-45-40-36-32-28-24-20-16-12-8-4)85(104)86(105)90(117-93-87(106)83(102)81(100)75(70-95)114-93)92(91)119-120(108,109)112-72-74(113-79(98)68-64-60-56-52-48-44-39-35-31-27-23-19-15-11-7-3)71-110-77(96)66-62-58-54-50-46-42-38-34-30-26-22-18-14-10-6-2/h27-28,31-32,74-76,81-95,100-107H,5-26,29-30,33-73H2,1-4H3,(H,108,109)/b31-27-,32-28-. The largest absolute Gasteiger partial charge is 0.472 e. The molecule has 18 atom stereocenters. The number of aliphatic hydroxyl groups excluding tert-OH is 9. The maximum Gasteiger partial charge on any atom is 0.472 e. The number of unbranched alkanes of at least 4 members (excludes halogenated alkanes) is 51. The third kappa shape index (κ3) is 52.3. The molecular formula is C94H173O25P. The van der Waals surface area contributed by atoms with Crippen LogP contribution in [0.1, 0.15) is 419 Å².